The molecule has 0 saturated heterocycles. The molecule has 0 aliphatic heterocycles. The van der Waals surface area contributed by atoms with E-state index in [-0.39, 0.29) is 0 Å². The summed E-state index contributed by atoms with van der Waals surface area (Å²) in [7, 11) is 0. The summed E-state index contributed by atoms with van der Waals surface area (Å²) in [5, 5.41) is 17.5. The zero-order valence-corrected chi connectivity index (χ0v) is 6.61. The van der Waals surface area contributed by atoms with Crippen LogP contribution in [0.5, 0.6) is 0 Å². The summed E-state index contributed by atoms with van der Waals surface area (Å²) in [4.78, 5) is 24.4. The highest BCUT2D eigenvalue weighted by Gasteiger charge is 2.28. The summed E-state index contributed by atoms with van der Waals surface area (Å²) in [5.74, 6) is 2.47. The monoisotopic (exact) mass is 177 g/mol. The minimum atomic E-state index is -1.61. The van der Waals surface area contributed by atoms with Gasteiger partial charge in [0.1, 0.15) is 0 Å². The molecule has 0 saturated carbocycles. The highest BCUT2D eigenvalue weighted by molar-refractivity contribution is 5.73. The van der Waals surface area contributed by atoms with Crippen molar-refractivity contribution in [3.05, 3.63) is 0 Å². The molecule has 0 aliphatic rings. The predicted octanol–water partition coefficient (Wildman–Crippen LogP) is -0.981. The molecule has 6 heteroatoms. The average molecular weight is 177 g/mol. The first-order valence-corrected chi connectivity index (χ1v) is 3.21. The molecule has 0 radical (unpaired) electrons. The van der Waals surface area contributed by atoms with Crippen LogP contribution in [0.15, 0.2) is 0 Å². The van der Waals surface area contributed by atoms with E-state index in [0.717, 1.165) is 0 Å². The van der Waals surface area contributed by atoms with Crippen LogP contribution in [0.2, 0.25) is 0 Å². The Balaban J connectivity index is 4.03. The van der Waals surface area contributed by atoms with Gasteiger partial charge in [0.2, 0.25) is 0 Å². The first-order chi connectivity index (χ1) is 5.37. The standard InChI is InChI=1S/C6H11NO5/c1-6(11,2-4(8)9)3-5(10)12-7/h11H,2-3,7H2,1H3,(H,8,9). The number of rotatable bonds is 4. The number of nitrogens with two attached hydrogens (primary N) is 1. The van der Waals surface area contributed by atoms with Crippen LogP contribution in [0.1, 0.15) is 19.8 Å². The highest BCUT2D eigenvalue weighted by Crippen LogP contribution is 2.14. The van der Waals surface area contributed by atoms with E-state index in [1.165, 1.54) is 6.92 Å². The van der Waals surface area contributed by atoms with Gasteiger partial charge < -0.3 is 15.1 Å². The van der Waals surface area contributed by atoms with Gasteiger partial charge in [0, 0.05) is 0 Å². The number of carboxylic acid groups (broad SMARTS) is 1. The second-order valence-corrected chi connectivity index (χ2v) is 2.73. The normalized spacial score (nSPS) is 14.9. The van der Waals surface area contributed by atoms with Gasteiger partial charge in [-0.2, -0.15) is 5.90 Å². The van der Waals surface area contributed by atoms with Crippen molar-refractivity contribution in [3.63, 3.8) is 0 Å². The Morgan fingerprint density at radius 2 is 2.00 bits per heavy atom. The molecule has 0 aliphatic carbocycles. The number of aliphatic carboxylic acids is 1. The molecule has 0 bridgehead atoms. The van der Waals surface area contributed by atoms with E-state index in [2.05, 4.69) is 10.7 Å². The molecule has 1 atom stereocenters. The second kappa shape index (κ2) is 4.03. The van der Waals surface area contributed by atoms with E-state index in [4.69, 9.17) is 5.11 Å². The molecular formula is C6H11NO5. The molecule has 0 aromatic rings. The Bertz CT molecular complexity index is 188. The van der Waals surface area contributed by atoms with Crippen LogP contribution in [-0.4, -0.2) is 27.8 Å². The van der Waals surface area contributed by atoms with Crippen LogP contribution >= 0.6 is 0 Å². The quantitative estimate of drug-likeness (QED) is 0.476. The summed E-state index contributed by atoms with van der Waals surface area (Å²) in [6, 6.07) is 0. The van der Waals surface area contributed by atoms with Crippen molar-refractivity contribution in [3.8, 4) is 0 Å². The first kappa shape index (κ1) is 10.9. The molecule has 0 aromatic carbocycles. The van der Waals surface area contributed by atoms with Crippen LogP contribution < -0.4 is 5.90 Å². The summed E-state index contributed by atoms with van der Waals surface area (Å²) in [6.45, 7) is 1.22. The zero-order valence-electron chi connectivity index (χ0n) is 6.61. The van der Waals surface area contributed by atoms with Crippen LogP contribution in [0.4, 0.5) is 0 Å². The maximum Gasteiger partial charge on any atom is 0.327 e. The maximum absolute atomic E-state index is 10.5. The molecule has 0 fully saturated rings. The second-order valence-electron chi connectivity index (χ2n) is 2.73. The lowest BCUT2D eigenvalue weighted by Gasteiger charge is -2.18. The Hall–Kier alpha value is -1.14. The highest BCUT2D eigenvalue weighted by atomic mass is 16.7. The molecular weight excluding hydrogens is 166 g/mol. The minimum absolute atomic E-state index is 0.435. The van der Waals surface area contributed by atoms with Crippen LogP contribution in [0.25, 0.3) is 0 Å². The molecule has 0 aromatic heterocycles. The van der Waals surface area contributed by atoms with Gasteiger partial charge in [-0.1, -0.05) is 0 Å². The largest absolute Gasteiger partial charge is 0.481 e. The Morgan fingerprint density at radius 3 is 2.33 bits per heavy atom. The third-order valence-electron chi connectivity index (χ3n) is 1.19. The predicted molar refractivity (Wildman–Crippen MR) is 37.8 cm³/mol. The van der Waals surface area contributed by atoms with Crippen LogP contribution in [0, 0.1) is 0 Å². The van der Waals surface area contributed by atoms with Crippen molar-refractivity contribution < 1.29 is 24.6 Å². The van der Waals surface area contributed by atoms with Gasteiger partial charge >= 0.3 is 11.9 Å². The molecule has 0 spiro atoms. The third-order valence-corrected chi connectivity index (χ3v) is 1.19. The van der Waals surface area contributed by atoms with Gasteiger partial charge in [-0.05, 0) is 6.92 Å². The van der Waals surface area contributed by atoms with Crippen molar-refractivity contribution >= 4 is 11.9 Å². The van der Waals surface area contributed by atoms with E-state index in [0.29, 0.717) is 0 Å². The Labute approximate surface area is 68.9 Å². The maximum atomic E-state index is 10.5. The smallest absolute Gasteiger partial charge is 0.327 e. The van der Waals surface area contributed by atoms with E-state index < -0.39 is 30.4 Å². The van der Waals surface area contributed by atoms with Crippen LogP contribution in [0.3, 0.4) is 0 Å². The summed E-state index contributed by atoms with van der Waals surface area (Å²) in [6.07, 6.45) is -0.960. The fourth-order valence-electron chi connectivity index (χ4n) is 0.741. The van der Waals surface area contributed by atoms with E-state index in [1.54, 1.807) is 0 Å². The van der Waals surface area contributed by atoms with Gasteiger partial charge in [0.25, 0.3) is 0 Å². The fourth-order valence-corrected chi connectivity index (χ4v) is 0.741. The Morgan fingerprint density at radius 1 is 1.50 bits per heavy atom. The third kappa shape index (κ3) is 4.64. The van der Waals surface area contributed by atoms with Gasteiger partial charge in [0.05, 0.1) is 18.4 Å². The first-order valence-electron chi connectivity index (χ1n) is 3.21. The molecule has 12 heavy (non-hydrogen) atoms. The molecule has 6 nitrogen and oxygen atoms in total. The number of carboxylic acids is 1. The fraction of sp³-hybridized carbons (Fsp3) is 0.667. The van der Waals surface area contributed by atoms with Gasteiger partial charge in [-0.25, -0.2) is 0 Å². The van der Waals surface area contributed by atoms with Crippen LogP contribution in [-0.2, 0) is 14.4 Å². The summed E-state index contributed by atoms with van der Waals surface area (Å²) in [5.41, 5.74) is -1.61. The Kier molecular flexibility index (Phi) is 3.65. The average Bonchev–Trinajstić information content (AvgIpc) is 1.83. The zero-order chi connectivity index (χ0) is 9.78. The number of carbonyl (C=O) groups is 2. The van der Waals surface area contributed by atoms with Crippen molar-refractivity contribution in [1.82, 2.24) is 0 Å². The molecule has 0 rings (SSSR count). The molecule has 1 unspecified atom stereocenters. The number of hydrogen-bond acceptors (Lipinski definition) is 5. The van der Waals surface area contributed by atoms with E-state index in [1.807, 2.05) is 0 Å². The molecule has 4 N–H and O–H groups in total. The number of carbonyl (C=O) groups excluding carboxylic acids is 1. The minimum Gasteiger partial charge on any atom is -0.481 e. The van der Waals surface area contributed by atoms with E-state index >= 15 is 0 Å². The SMILES string of the molecule is CC(O)(CC(=O)O)CC(=O)ON. The lowest BCUT2D eigenvalue weighted by molar-refractivity contribution is -0.152. The summed E-state index contributed by atoms with van der Waals surface area (Å²) < 4.78 is 0. The lowest BCUT2D eigenvalue weighted by atomic mass is 9.99. The molecule has 0 amide bonds. The number of hydrogen-bond donors (Lipinski definition) is 3. The lowest BCUT2D eigenvalue weighted by Crippen LogP contribution is -2.32. The van der Waals surface area contributed by atoms with Crippen molar-refractivity contribution in [2.45, 2.75) is 25.4 Å². The summed E-state index contributed by atoms with van der Waals surface area (Å²) >= 11 is 0. The van der Waals surface area contributed by atoms with Crippen molar-refractivity contribution in [2.24, 2.45) is 5.90 Å². The molecule has 0 heterocycles. The van der Waals surface area contributed by atoms with Gasteiger partial charge in [-0.3, -0.25) is 9.59 Å². The molecule has 70 valence electrons. The topological polar surface area (TPSA) is 110 Å². The van der Waals surface area contributed by atoms with Gasteiger partial charge in [0.15, 0.2) is 0 Å². The van der Waals surface area contributed by atoms with Gasteiger partial charge in [-0.15, -0.1) is 0 Å². The number of aliphatic hydroxyl groups is 1. The van der Waals surface area contributed by atoms with Crippen molar-refractivity contribution in [1.29, 1.82) is 0 Å². The van der Waals surface area contributed by atoms with Crippen molar-refractivity contribution in [2.75, 3.05) is 0 Å². The van der Waals surface area contributed by atoms with E-state index in [9.17, 15) is 14.7 Å².